The molecule has 1 saturated heterocycles. The fourth-order valence-corrected chi connectivity index (χ4v) is 3.99. The molecule has 9 nitrogen and oxygen atoms in total. The first kappa shape index (κ1) is 17.1. The molecule has 11 heteroatoms. The summed E-state index contributed by atoms with van der Waals surface area (Å²) in [4.78, 5) is 12.6. The maximum atomic E-state index is 15.8. The van der Waals surface area contributed by atoms with Crippen molar-refractivity contribution in [2.24, 2.45) is 0 Å². The van der Waals surface area contributed by atoms with E-state index in [-0.39, 0.29) is 23.8 Å². The number of fused-ring (bicyclic) bond motifs is 1. The number of carbonyl (C=O) groups excluding carboxylic acids is 1. The summed E-state index contributed by atoms with van der Waals surface area (Å²) in [5.74, 6) is -2.33. The highest BCUT2D eigenvalue weighted by atomic mass is 31.2. The monoisotopic (exact) mass is 439 g/mol. The topological polar surface area (TPSA) is 107 Å². The summed E-state index contributed by atoms with van der Waals surface area (Å²) in [6.45, 7) is -0.252. The van der Waals surface area contributed by atoms with Gasteiger partial charge in [0.1, 0.15) is 29.8 Å². The number of carbonyl (C=O) groups is 1. The number of nitrogens with one attached hydrogen (secondary N) is 1. The number of halogens is 1. The number of ether oxygens (including phenoxy) is 1. The summed E-state index contributed by atoms with van der Waals surface area (Å²) in [6, 6.07) is 6.33. The number of phosphoric ester groups is 1. The molecule has 1 aromatic rings. The Morgan fingerprint density at radius 1 is 1.60 bits per heavy atom. The van der Waals surface area contributed by atoms with Gasteiger partial charge in [0.15, 0.2) is 6.20 Å². The number of alkyl halides is 1. The molecule has 0 aliphatic carbocycles. The van der Waals surface area contributed by atoms with Gasteiger partial charge in [-0.15, -0.1) is 6.42 Å². The van der Waals surface area contributed by atoms with E-state index in [2.05, 4.69) is 17.8 Å². The molecule has 4 rings (SSSR count). The van der Waals surface area contributed by atoms with Gasteiger partial charge in [0.2, 0.25) is 5.85 Å². The van der Waals surface area contributed by atoms with E-state index in [1.807, 2.05) is 0 Å². The van der Waals surface area contributed by atoms with Crippen LogP contribution in [0.2, 0.25) is 0 Å². The van der Waals surface area contributed by atoms with Crippen molar-refractivity contribution in [1.82, 2.24) is 10.2 Å². The van der Waals surface area contributed by atoms with Gasteiger partial charge in [-0.2, -0.15) is 0 Å². The largest absolute Gasteiger partial charge is 0.530 e. The lowest BCUT2D eigenvalue weighted by Gasteiger charge is -2.34. The average Bonchev–Trinajstić information content (AvgIpc) is 2.97. The first-order valence-electron chi connectivity index (χ1n) is 10.1. The van der Waals surface area contributed by atoms with Crippen LogP contribution in [0, 0.1) is 12.3 Å². The van der Waals surface area contributed by atoms with E-state index >= 15 is 4.39 Å². The van der Waals surface area contributed by atoms with Crippen molar-refractivity contribution in [2.75, 3.05) is 6.56 Å². The molecule has 1 aromatic carbocycles. The maximum Gasteiger partial charge on any atom is 0.530 e. The summed E-state index contributed by atoms with van der Waals surface area (Å²) in [7, 11) is -4.66. The van der Waals surface area contributed by atoms with Crippen molar-refractivity contribution < 1.29 is 41.3 Å². The number of benzene rings is 1. The van der Waals surface area contributed by atoms with E-state index in [1.54, 1.807) is 18.2 Å². The minimum atomic E-state index is -4.66. The first-order valence-corrected chi connectivity index (χ1v) is 10.1. The zero-order valence-electron chi connectivity index (χ0n) is 18.3. The molecule has 158 valence electrons. The highest BCUT2D eigenvalue weighted by Crippen LogP contribution is 2.55. The predicted molar refractivity (Wildman–Crippen MR) is 101 cm³/mol. The van der Waals surface area contributed by atoms with E-state index in [1.165, 1.54) is 6.07 Å². The lowest BCUT2D eigenvalue weighted by molar-refractivity contribution is -0.184. The zero-order valence-corrected chi connectivity index (χ0v) is 16.2. The molecular formula is C19H18FN2O7P. The van der Waals surface area contributed by atoms with Gasteiger partial charge < -0.3 is 24.6 Å². The third kappa shape index (κ3) is 3.86. The van der Waals surface area contributed by atoms with Crippen LogP contribution in [0.1, 0.15) is 16.1 Å². The molecular weight excluding hydrogens is 418 g/mol. The first-order chi connectivity index (χ1) is 15.3. The molecule has 3 heterocycles. The Balaban J connectivity index is 1.60. The van der Waals surface area contributed by atoms with Gasteiger partial charge in [-0.1, -0.05) is 30.7 Å². The van der Waals surface area contributed by atoms with Crippen molar-refractivity contribution >= 4 is 13.7 Å². The van der Waals surface area contributed by atoms with Crippen LogP contribution in [0.25, 0.3) is 0 Å². The highest BCUT2D eigenvalue weighted by molar-refractivity contribution is 7.49. The van der Waals surface area contributed by atoms with Crippen molar-refractivity contribution in [3.05, 3.63) is 54.0 Å². The van der Waals surface area contributed by atoms with Gasteiger partial charge in [-0.05, 0) is 6.07 Å². The SMILES string of the molecule is [2H]C([2H])(OP1(=O)OCc2ccccc2O1)[C@]1(F)C[C@@H](O)[C@]([2H])(N2C=C(C#C)C(=O)NC2=C)O1. The second-order valence-electron chi connectivity index (χ2n) is 6.46. The Morgan fingerprint density at radius 2 is 2.37 bits per heavy atom. The van der Waals surface area contributed by atoms with Gasteiger partial charge in [0.25, 0.3) is 5.91 Å². The third-order valence-corrected chi connectivity index (χ3v) is 5.50. The summed E-state index contributed by atoms with van der Waals surface area (Å²) < 4.78 is 73.3. The Kier molecular flexibility index (Phi) is 4.29. The third-order valence-electron chi connectivity index (χ3n) is 4.32. The molecule has 0 radical (unpaired) electrons. The minimum Gasteiger partial charge on any atom is -0.404 e. The number of rotatable bonds is 4. The second-order valence-corrected chi connectivity index (χ2v) is 7.98. The van der Waals surface area contributed by atoms with Crippen molar-refractivity contribution in [2.45, 2.75) is 31.2 Å². The number of terminal acetylenes is 1. The Labute approximate surface area is 175 Å². The molecule has 1 fully saturated rings. The minimum absolute atomic E-state index is 0.102. The standard InChI is InChI=1S/C19H18FN2O7P/c1-3-13-9-22(12(2)21-17(13)24)18-15(23)8-19(20,28-18)11-27-30(25)26-10-14-6-4-5-7-16(14)29-30/h1,4-7,9,15,18,23H,2,8,10-11H2,(H,21,24)/t15-,18-,19+,30?/m1/s1/i11D2,18D. The fourth-order valence-electron chi connectivity index (χ4n) is 2.88. The van der Waals surface area contributed by atoms with Crippen LogP contribution in [0.3, 0.4) is 0 Å². The van der Waals surface area contributed by atoms with E-state index in [9.17, 15) is 14.5 Å². The number of hydrogen-bond acceptors (Lipinski definition) is 8. The van der Waals surface area contributed by atoms with Crippen LogP contribution in [0.4, 0.5) is 4.39 Å². The number of amides is 1. The molecule has 3 aliphatic rings. The van der Waals surface area contributed by atoms with E-state index in [0.717, 1.165) is 11.1 Å². The maximum absolute atomic E-state index is 15.8. The van der Waals surface area contributed by atoms with E-state index < -0.39 is 44.9 Å². The van der Waals surface area contributed by atoms with Gasteiger partial charge in [-0.3, -0.25) is 13.8 Å². The van der Waals surface area contributed by atoms with Crippen LogP contribution in [0.5, 0.6) is 5.75 Å². The Morgan fingerprint density at radius 3 is 3.13 bits per heavy atom. The molecule has 2 N–H and O–H groups in total. The van der Waals surface area contributed by atoms with Crippen LogP contribution in [0.15, 0.2) is 48.4 Å². The van der Waals surface area contributed by atoms with Crippen LogP contribution in [-0.2, 0) is 29.8 Å². The number of nitrogens with zero attached hydrogens (tertiary/aromatic N) is 1. The zero-order chi connectivity index (χ0) is 24.2. The molecule has 0 bridgehead atoms. The number of phosphoric acid groups is 1. The number of hydrogen-bond donors (Lipinski definition) is 2. The van der Waals surface area contributed by atoms with Crippen LogP contribution in [-0.4, -0.2) is 40.6 Å². The summed E-state index contributed by atoms with van der Waals surface area (Å²) in [5.41, 5.74) is 0.245. The molecule has 0 saturated carbocycles. The van der Waals surface area contributed by atoms with E-state index in [0.29, 0.717) is 5.56 Å². The Hall–Kier alpha value is -2.67. The number of aliphatic hydroxyl groups is 1. The molecule has 0 aromatic heterocycles. The molecule has 1 unspecified atom stereocenters. The van der Waals surface area contributed by atoms with Gasteiger partial charge in [0.05, 0.1) is 10.7 Å². The average molecular weight is 439 g/mol. The van der Waals surface area contributed by atoms with E-state index in [4.69, 9.17) is 28.8 Å². The molecule has 4 atom stereocenters. The number of aliphatic hydroxyl groups excluding tert-OH is 1. The van der Waals surface area contributed by atoms with Gasteiger partial charge >= 0.3 is 7.82 Å². The van der Waals surface area contributed by atoms with Crippen molar-refractivity contribution in [1.29, 1.82) is 0 Å². The molecule has 1 amide bonds. The molecule has 30 heavy (non-hydrogen) atoms. The second kappa shape index (κ2) is 7.54. The van der Waals surface area contributed by atoms with Gasteiger partial charge in [-0.25, -0.2) is 8.96 Å². The normalized spacial score (nSPS) is 37.6. The summed E-state index contributed by atoms with van der Waals surface area (Å²) >= 11 is 0. The van der Waals surface area contributed by atoms with Crippen molar-refractivity contribution in [3.63, 3.8) is 0 Å². The lowest BCUT2D eigenvalue weighted by atomic mass is 10.1. The lowest BCUT2D eigenvalue weighted by Crippen LogP contribution is -2.46. The van der Waals surface area contributed by atoms with Crippen LogP contribution < -0.4 is 9.84 Å². The highest BCUT2D eigenvalue weighted by Gasteiger charge is 2.51. The quantitative estimate of drug-likeness (QED) is 0.542. The van der Waals surface area contributed by atoms with Gasteiger partial charge in [0, 0.05) is 18.2 Å². The summed E-state index contributed by atoms with van der Waals surface area (Å²) in [6.07, 6.45) is 0.360. The van der Waals surface area contributed by atoms with Crippen molar-refractivity contribution in [3.8, 4) is 18.1 Å². The number of para-hydroxylation sites is 1. The Bertz CT molecular complexity index is 1160. The molecule has 0 spiro atoms. The fraction of sp³-hybridized carbons (Fsp3) is 0.316. The summed E-state index contributed by atoms with van der Waals surface area (Å²) in [5, 5.41) is 12.7. The van der Waals surface area contributed by atoms with Crippen LogP contribution >= 0.6 is 7.82 Å². The predicted octanol–water partition coefficient (Wildman–Crippen LogP) is 1.91. The smallest absolute Gasteiger partial charge is 0.404 e. The molecule has 3 aliphatic heterocycles.